The first-order chi connectivity index (χ1) is 12.1. The molecule has 1 saturated heterocycles. The van der Waals surface area contributed by atoms with Crippen LogP contribution in [0.5, 0.6) is 11.5 Å². The van der Waals surface area contributed by atoms with Gasteiger partial charge in [0.15, 0.2) is 9.84 Å². The maximum Gasteiger partial charge on any atom is 0.247 e. The van der Waals surface area contributed by atoms with Crippen molar-refractivity contribution in [1.82, 2.24) is 9.21 Å². The van der Waals surface area contributed by atoms with Gasteiger partial charge in [0, 0.05) is 25.2 Å². The van der Waals surface area contributed by atoms with E-state index in [1.54, 1.807) is 6.07 Å². The summed E-state index contributed by atoms with van der Waals surface area (Å²) < 4.78 is 62.0. The van der Waals surface area contributed by atoms with Gasteiger partial charge in [0.05, 0.1) is 25.7 Å². The van der Waals surface area contributed by atoms with Crippen LogP contribution in [0.3, 0.4) is 0 Å². The number of likely N-dealkylation sites (N-methyl/N-ethyl adjacent to an activating group) is 1. The average Bonchev–Trinajstić information content (AvgIpc) is 2.93. The topological polar surface area (TPSA) is 93.2 Å². The SMILES string of the molecule is COc1ccc(S(=O)(=O)N(CCN(C)C)[C@@H]2CCS(=O)(=O)C2)c(OC)c1. The monoisotopic (exact) mass is 406 g/mol. The molecule has 0 amide bonds. The molecule has 8 nitrogen and oxygen atoms in total. The average molecular weight is 407 g/mol. The lowest BCUT2D eigenvalue weighted by atomic mass is 10.2. The summed E-state index contributed by atoms with van der Waals surface area (Å²) in [7, 11) is -0.612. The van der Waals surface area contributed by atoms with Crippen molar-refractivity contribution >= 4 is 19.9 Å². The van der Waals surface area contributed by atoms with Crippen LogP contribution < -0.4 is 9.47 Å². The number of rotatable bonds is 8. The maximum absolute atomic E-state index is 13.3. The fourth-order valence-electron chi connectivity index (χ4n) is 2.91. The quantitative estimate of drug-likeness (QED) is 0.618. The van der Waals surface area contributed by atoms with Crippen LogP contribution in [-0.4, -0.2) is 85.0 Å². The van der Waals surface area contributed by atoms with E-state index in [0.717, 1.165) is 0 Å². The molecule has 2 rings (SSSR count). The standard InChI is InChI=1S/C16H26N2O6S2/c1-17(2)8-9-18(13-7-10-25(19,20)12-13)26(21,22)16-6-5-14(23-3)11-15(16)24-4/h5-6,11,13H,7-10,12H2,1-4H3/t13-/m1/s1. The number of hydrogen-bond donors (Lipinski definition) is 0. The third-order valence-corrected chi connectivity index (χ3v) is 8.08. The number of hydrogen-bond acceptors (Lipinski definition) is 7. The van der Waals surface area contributed by atoms with Crippen molar-refractivity contribution in [2.24, 2.45) is 0 Å². The molecule has 1 aliphatic heterocycles. The van der Waals surface area contributed by atoms with Gasteiger partial charge in [-0.25, -0.2) is 16.8 Å². The molecule has 10 heteroatoms. The lowest BCUT2D eigenvalue weighted by Gasteiger charge is -2.29. The zero-order valence-corrected chi connectivity index (χ0v) is 17.1. The summed E-state index contributed by atoms with van der Waals surface area (Å²) in [5.41, 5.74) is 0. The number of sulfone groups is 1. The molecule has 1 fully saturated rings. The van der Waals surface area contributed by atoms with Crippen molar-refractivity contribution in [2.75, 3.05) is 52.9 Å². The predicted molar refractivity (Wildman–Crippen MR) is 99.1 cm³/mol. The van der Waals surface area contributed by atoms with Crippen LogP contribution in [0.25, 0.3) is 0 Å². The maximum atomic E-state index is 13.3. The highest BCUT2D eigenvalue weighted by molar-refractivity contribution is 7.92. The molecule has 0 aromatic heterocycles. The van der Waals surface area contributed by atoms with E-state index in [1.807, 2.05) is 19.0 Å². The summed E-state index contributed by atoms with van der Waals surface area (Å²) in [4.78, 5) is 1.86. The molecular formula is C16H26N2O6S2. The van der Waals surface area contributed by atoms with E-state index in [-0.39, 0.29) is 28.7 Å². The Morgan fingerprint density at radius 3 is 2.35 bits per heavy atom. The highest BCUT2D eigenvalue weighted by atomic mass is 32.2. The minimum absolute atomic E-state index is 0.00357. The van der Waals surface area contributed by atoms with Crippen LogP contribution in [-0.2, 0) is 19.9 Å². The van der Waals surface area contributed by atoms with Crippen molar-refractivity contribution in [3.63, 3.8) is 0 Å². The van der Waals surface area contributed by atoms with E-state index in [2.05, 4.69) is 0 Å². The Balaban J connectivity index is 2.45. The van der Waals surface area contributed by atoms with Gasteiger partial charge in [-0.05, 0) is 32.6 Å². The van der Waals surface area contributed by atoms with Crippen molar-refractivity contribution in [3.8, 4) is 11.5 Å². The summed E-state index contributed by atoms with van der Waals surface area (Å²) in [5.74, 6) is 0.493. The molecule has 0 saturated carbocycles. The molecule has 1 aromatic rings. The molecule has 0 spiro atoms. The second-order valence-electron chi connectivity index (χ2n) is 6.49. The Kier molecular flexibility index (Phi) is 6.54. The largest absolute Gasteiger partial charge is 0.497 e. The summed E-state index contributed by atoms with van der Waals surface area (Å²) in [5, 5.41) is 0. The highest BCUT2D eigenvalue weighted by Crippen LogP contribution is 2.33. The summed E-state index contributed by atoms with van der Waals surface area (Å²) in [6.07, 6.45) is 0.299. The summed E-state index contributed by atoms with van der Waals surface area (Å²) in [6.45, 7) is 0.680. The van der Waals surface area contributed by atoms with Gasteiger partial charge < -0.3 is 14.4 Å². The van der Waals surface area contributed by atoms with Crippen LogP contribution in [0, 0.1) is 0 Å². The predicted octanol–water partition coefficient (Wildman–Crippen LogP) is 0.443. The van der Waals surface area contributed by atoms with E-state index in [9.17, 15) is 16.8 Å². The Hall–Kier alpha value is -1.36. The molecule has 1 atom stereocenters. The van der Waals surface area contributed by atoms with Crippen LogP contribution in [0.2, 0.25) is 0 Å². The van der Waals surface area contributed by atoms with Crippen LogP contribution in [0.1, 0.15) is 6.42 Å². The van der Waals surface area contributed by atoms with E-state index >= 15 is 0 Å². The molecule has 0 bridgehead atoms. The van der Waals surface area contributed by atoms with Crippen LogP contribution >= 0.6 is 0 Å². The van der Waals surface area contributed by atoms with Gasteiger partial charge in [0.1, 0.15) is 16.4 Å². The van der Waals surface area contributed by atoms with Crippen molar-refractivity contribution in [2.45, 2.75) is 17.4 Å². The summed E-state index contributed by atoms with van der Waals surface area (Å²) >= 11 is 0. The van der Waals surface area contributed by atoms with Gasteiger partial charge >= 0.3 is 0 Å². The first kappa shape index (κ1) is 20.9. The fraction of sp³-hybridized carbons (Fsp3) is 0.625. The van der Waals surface area contributed by atoms with Gasteiger partial charge in [-0.3, -0.25) is 0 Å². The van der Waals surface area contributed by atoms with Crippen LogP contribution in [0.15, 0.2) is 23.1 Å². The molecule has 0 unspecified atom stereocenters. The molecule has 0 N–H and O–H groups in total. The van der Waals surface area contributed by atoms with Crippen LogP contribution in [0.4, 0.5) is 0 Å². The molecule has 1 heterocycles. The first-order valence-electron chi connectivity index (χ1n) is 8.20. The van der Waals surface area contributed by atoms with Gasteiger partial charge in [-0.2, -0.15) is 4.31 Å². The lowest BCUT2D eigenvalue weighted by Crippen LogP contribution is -2.44. The van der Waals surface area contributed by atoms with E-state index in [0.29, 0.717) is 18.7 Å². The smallest absolute Gasteiger partial charge is 0.247 e. The Bertz CT molecular complexity index is 836. The molecule has 26 heavy (non-hydrogen) atoms. The van der Waals surface area contributed by atoms with E-state index in [4.69, 9.17) is 9.47 Å². The van der Waals surface area contributed by atoms with Gasteiger partial charge in [0.2, 0.25) is 10.0 Å². The highest BCUT2D eigenvalue weighted by Gasteiger charge is 2.39. The van der Waals surface area contributed by atoms with Crippen molar-refractivity contribution < 1.29 is 26.3 Å². The lowest BCUT2D eigenvalue weighted by molar-refractivity contribution is 0.292. The molecule has 148 valence electrons. The normalized spacial score (nSPS) is 19.8. The molecule has 0 radical (unpaired) electrons. The minimum Gasteiger partial charge on any atom is -0.497 e. The zero-order chi connectivity index (χ0) is 19.5. The Morgan fingerprint density at radius 1 is 1.15 bits per heavy atom. The third-order valence-electron chi connectivity index (χ3n) is 4.34. The molecular weight excluding hydrogens is 380 g/mol. The third kappa shape index (κ3) is 4.67. The Labute approximate surface area is 155 Å². The fourth-order valence-corrected chi connectivity index (χ4v) is 6.52. The molecule has 1 aliphatic rings. The second kappa shape index (κ2) is 8.12. The summed E-state index contributed by atoms with van der Waals surface area (Å²) in [6, 6.07) is 3.91. The number of methoxy groups -OCH3 is 2. The van der Waals surface area contributed by atoms with Gasteiger partial charge in [-0.1, -0.05) is 0 Å². The van der Waals surface area contributed by atoms with Gasteiger partial charge in [-0.15, -0.1) is 0 Å². The van der Waals surface area contributed by atoms with Crippen molar-refractivity contribution in [3.05, 3.63) is 18.2 Å². The van der Waals surface area contributed by atoms with E-state index in [1.165, 1.54) is 30.7 Å². The number of ether oxygens (including phenoxy) is 2. The van der Waals surface area contributed by atoms with Gasteiger partial charge in [0.25, 0.3) is 0 Å². The zero-order valence-electron chi connectivity index (χ0n) is 15.5. The van der Waals surface area contributed by atoms with Crippen molar-refractivity contribution in [1.29, 1.82) is 0 Å². The number of nitrogens with zero attached hydrogens (tertiary/aromatic N) is 2. The molecule has 0 aliphatic carbocycles. The van der Waals surface area contributed by atoms with E-state index < -0.39 is 25.9 Å². The second-order valence-corrected chi connectivity index (χ2v) is 10.6. The molecule has 1 aromatic carbocycles. The number of benzene rings is 1. The minimum atomic E-state index is -3.94. The first-order valence-corrected chi connectivity index (χ1v) is 11.5. The number of sulfonamides is 1. The Morgan fingerprint density at radius 2 is 1.85 bits per heavy atom.